The summed E-state index contributed by atoms with van der Waals surface area (Å²) in [6.07, 6.45) is 0. The monoisotopic (exact) mass is 467 g/mol. The average molecular weight is 468 g/mol. The number of primary amides is 1. The molecule has 0 heterocycles. The molecule has 0 fully saturated rings. The molecular formula is C21H21N7O4S. The molecule has 0 saturated carbocycles. The zero-order valence-corrected chi connectivity index (χ0v) is 18.5. The molecule has 3 rings (SSSR count). The van der Waals surface area contributed by atoms with Crippen molar-refractivity contribution in [2.24, 2.45) is 26.2 Å². The summed E-state index contributed by atoms with van der Waals surface area (Å²) < 4.78 is 31.2. The third kappa shape index (κ3) is 6.41. The highest BCUT2D eigenvalue weighted by molar-refractivity contribution is 7.85. The molecule has 0 unspecified atom stereocenters. The topological polar surface area (TPSA) is 171 Å². The molecule has 12 heteroatoms. The molecule has 0 aliphatic rings. The molecule has 5 N–H and O–H groups in total. The zero-order chi connectivity index (χ0) is 24.0. The lowest BCUT2D eigenvalue weighted by molar-refractivity contribution is 0.259. The van der Waals surface area contributed by atoms with Crippen LogP contribution >= 0.6 is 0 Å². The van der Waals surface area contributed by atoms with Crippen molar-refractivity contribution in [1.29, 1.82) is 0 Å². The quantitative estimate of drug-likeness (QED) is 0.261. The number of amides is 2. The molecule has 0 spiro atoms. The van der Waals surface area contributed by atoms with Crippen LogP contribution in [0, 0.1) is 6.92 Å². The molecule has 33 heavy (non-hydrogen) atoms. The highest BCUT2D eigenvalue weighted by Crippen LogP contribution is 2.32. The van der Waals surface area contributed by atoms with Crippen molar-refractivity contribution in [3.05, 3.63) is 66.2 Å². The number of benzene rings is 3. The fourth-order valence-electron chi connectivity index (χ4n) is 2.73. The Labute approximate surface area is 190 Å². The second-order valence-electron chi connectivity index (χ2n) is 6.81. The summed E-state index contributed by atoms with van der Waals surface area (Å²) in [5.41, 5.74) is 9.21. The minimum absolute atomic E-state index is 0.221. The highest BCUT2D eigenvalue weighted by atomic mass is 32.2. The van der Waals surface area contributed by atoms with Crippen LogP contribution in [0.3, 0.4) is 0 Å². The van der Waals surface area contributed by atoms with Crippen molar-refractivity contribution in [3.8, 4) is 0 Å². The number of aryl methyl sites for hydroxylation is 1. The van der Waals surface area contributed by atoms with Gasteiger partial charge in [-0.3, -0.25) is 4.55 Å². The Morgan fingerprint density at radius 1 is 0.879 bits per heavy atom. The maximum absolute atomic E-state index is 11.3. The summed E-state index contributed by atoms with van der Waals surface area (Å²) in [7, 11) is -2.51. The largest absolute Gasteiger partial charge is 0.388 e. The van der Waals surface area contributed by atoms with Gasteiger partial charge in [-0.1, -0.05) is 0 Å². The van der Waals surface area contributed by atoms with E-state index in [1.165, 1.54) is 24.3 Å². The summed E-state index contributed by atoms with van der Waals surface area (Å²) in [5, 5.41) is 22.1. The van der Waals surface area contributed by atoms with Gasteiger partial charge in [0.2, 0.25) is 0 Å². The predicted octanol–water partition coefficient (Wildman–Crippen LogP) is 5.60. The number of anilines is 2. The number of urea groups is 1. The molecule has 2 amide bonds. The fourth-order valence-corrected chi connectivity index (χ4v) is 3.21. The van der Waals surface area contributed by atoms with Gasteiger partial charge in [0.05, 0.1) is 27.6 Å². The number of azo groups is 2. The summed E-state index contributed by atoms with van der Waals surface area (Å²) in [6.45, 7) is 1.83. The van der Waals surface area contributed by atoms with E-state index < -0.39 is 16.1 Å². The van der Waals surface area contributed by atoms with Gasteiger partial charge in [0.15, 0.2) is 0 Å². The van der Waals surface area contributed by atoms with Gasteiger partial charge in [0.25, 0.3) is 10.1 Å². The Morgan fingerprint density at radius 3 is 2.09 bits per heavy atom. The maximum Gasteiger partial charge on any atom is 0.316 e. The third-order valence-corrected chi connectivity index (χ3v) is 5.27. The lowest BCUT2D eigenvalue weighted by Crippen LogP contribution is -2.19. The Morgan fingerprint density at radius 2 is 1.48 bits per heavy atom. The number of nitrogens with two attached hydrogens (primary N) is 1. The normalized spacial score (nSPS) is 11.7. The summed E-state index contributed by atoms with van der Waals surface area (Å²) >= 11 is 0. The lowest BCUT2D eigenvalue weighted by Gasteiger charge is -2.08. The Bertz CT molecular complexity index is 1340. The van der Waals surface area contributed by atoms with E-state index in [4.69, 9.17) is 10.3 Å². The molecule has 0 bridgehead atoms. The number of nitrogens with zero attached hydrogens (tertiary/aromatic N) is 4. The van der Waals surface area contributed by atoms with Gasteiger partial charge in [-0.25, -0.2) is 4.79 Å². The van der Waals surface area contributed by atoms with Crippen LogP contribution in [0.1, 0.15) is 5.56 Å². The van der Waals surface area contributed by atoms with E-state index >= 15 is 0 Å². The van der Waals surface area contributed by atoms with Gasteiger partial charge in [0.1, 0.15) is 5.69 Å². The molecule has 3 aromatic rings. The van der Waals surface area contributed by atoms with Gasteiger partial charge in [-0.05, 0) is 73.2 Å². The summed E-state index contributed by atoms with van der Waals surface area (Å²) in [4.78, 5) is 11.1. The first-order valence-corrected chi connectivity index (χ1v) is 11.0. The Hall–Kier alpha value is -4.16. The third-order valence-electron chi connectivity index (χ3n) is 4.40. The van der Waals surface area contributed by atoms with E-state index in [2.05, 4.69) is 31.1 Å². The molecular weight excluding hydrogens is 446 g/mol. The van der Waals surface area contributed by atoms with Crippen LogP contribution in [-0.2, 0) is 10.1 Å². The first-order chi connectivity index (χ1) is 15.7. The van der Waals surface area contributed by atoms with Gasteiger partial charge in [-0.2, -0.15) is 23.8 Å². The number of carbonyl (C=O) groups is 1. The van der Waals surface area contributed by atoms with Crippen molar-refractivity contribution in [2.45, 2.75) is 11.8 Å². The smallest absolute Gasteiger partial charge is 0.316 e. The van der Waals surface area contributed by atoms with E-state index in [0.717, 1.165) is 11.3 Å². The van der Waals surface area contributed by atoms with E-state index in [1.54, 1.807) is 43.4 Å². The first-order valence-electron chi connectivity index (χ1n) is 9.55. The number of hydrogen-bond donors (Lipinski definition) is 4. The molecule has 170 valence electrons. The van der Waals surface area contributed by atoms with Gasteiger partial charge in [-0.15, -0.1) is 5.11 Å². The van der Waals surface area contributed by atoms with Crippen LogP contribution in [0.5, 0.6) is 0 Å². The van der Waals surface area contributed by atoms with Gasteiger partial charge < -0.3 is 16.4 Å². The Balaban J connectivity index is 1.78. The van der Waals surface area contributed by atoms with E-state index in [0.29, 0.717) is 28.4 Å². The molecule has 3 aromatic carbocycles. The molecule has 0 atom stereocenters. The molecule has 0 aliphatic carbocycles. The van der Waals surface area contributed by atoms with Crippen LogP contribution < -0.4 is 16.4 Å². The van der Waals surface area contributed by atoms with Crippen LogP contribution in [0.4, 0.5) is 38.9 Å². The molecule has 0 saturated heterocycles. The molecule has 0 aromatic heterocycles. The fraction of sp³-hybridized carbons (Fsp3) is 0.0952. The van der Waals surface area contributed by atoms with Crippen LogP contribution in [0.15, 0.2) is 86.0 Å². The summed E-state index contributed by atoms with van der Waals surface area (Å²) in [6, 6.07) is 15.0. The molecule has 0 aliphatic heterocycles. The van der Waals surface area contributed by atoms with Crippen LogP contribution in [0.2, 0.25) is 0 Å². The second kappa shape index (κ2) is 9.97. The van der Waals surface area contributed by atoms with E-state index in [-0.39, 0.29) is 4.90 Å². The average Bonchev–Trinajstić information content (AvgIpc) is 2.77. The van der Waals surface area contributed by atoms with Crippen LogP contribution in [0.25, 0.3) is 0 Å². The number of rotatable bonds is 7. The Kier molecular flexibility index (Phi) is 7.10. The first kappa shape index (κ1) is 23.5. The number of hydrogen-bond acceptors (Lipinski definition) is 8. The van der Waals surface area contributed by atoms with Crippen molar-refractivity contribution in [1.82, 2.24) is 0 Å². The maximum atomic E-state index is 11.3. The van der Waals surface area contributed by atoms with Gasteiger partial charge >= 0.3 is 6.03 Å². The molecule has 11 nitrogen and oxygen atoms in total. The van der Waals surface area contributed by atoms with Crippen molar-refractivity contribution < 1.29 is 17.8 Å². The molecule has 0 radical (unpaired) electrons. The minimum Gasteiger partial charge on any atom is -0.388 e. The van der Waals surface area contributed by atoms with Crippen molar-refractivity contribution in [2.75, 3.05) is 17.7 Å². The minimum atomic E-state index is -4.26. The van der Waals surface area contributed by atoms with Gasteiger partial charge in [0, 0.05) is 12.7 Å². The standard InChI is InChI=1S/C21H21N7O4S/c1-13-11-16(26-25-14-3-7-17(8-4-14)33(30,31)32)6-9-18(13)27-28-19-10-5-15(23-2)12-20(19)24-21(22)29/h3-12,23H,1-2H3,(H3,22,24,29)(H,30,31,32). The predicted molar refractivity (Wildman–Crippen MR) is 125 cm³/mol. The van der Waals surface area contributed by atoms with Crippen LogP contribution in [-0.4, -0.2) is 26.0 Å². The highest BCUT2D eigenvalue weighted by Gasteiger charge is 2.08. The van der Waals surface area contributed by atoms with Crippen molar-refractivity contribution in [3.63, 3.8) is 0 Å². The number of carbonyl (C=O) groups excluding carboxylic acids is 1. The van der Waals surface area contributed by atoms with Crippen molar-refractivity contribution >= 4 is 50.3 Å². The number of nitrogens with one attached hydrogen (secondary N) is 2. The SMILES string of the molecule is CNc1ccc(N=Nc2ccc(N=Nc3ccc(S(=O)(=O)O)cc3)cc2C)c(NC(N)=O)c1. The van der Waals surface area contributed by atoms with E-state index in [9.17, 15) is 13.2 Å². The van der Waals surface area contributed by atoms with E-state index in [1.807, 2.05) is 6.92 Å². The second-order valence-corrected chi connectivity index (χ2v) is 8.23. The lowest BCUT2D eigenvalue weighted by atomic mass is 10.2. The zero-order valence-electron chi connectivity index (χ0n) is 17.7. The summed E-state index contributed by atoms with van der Waals surface area (Å²) in [5.74, 6) is 0.